The summed E-state index contributed by atoms with van der Waals surface area (Å²) in [5.74, 6) is 0.911. The summed E-state index contributed by atoms with van der Waals surface area (Å²) in [6.07, 6.45) is 7.51. The largest absolute Gasteiger partial charge is 0.269 e. The Morgan fingerprint density at radius 1 is 1.40 bits per heavy atom. The van der Waals surface area contributed by atoms with Crippen molar-refractivity contribution in [2.75, 3.05) is 0 Å². The third-order valence-electron chi connectivity index (χ3n) is 3.52. The minimum atomic E-state index is 0.646. The molecule has 1 saturated carbocycles. The van der Waals surface area contributed by atoms with E-state index in [1.165, 1.54) is 36.9 Å². The fraction of sp³-hybridized carbons (Fsp3) is 0.750. The molecular formula is C12H19BrN2. The molecule has 0 aromatic carbocycles. The fourth-order valence-electron chi connectivity index (χ4n) is 2.34. The van der Waals surface area contributed by atoms with Crippen LogP contribution in [-0.2, 0) is 5.33 Å². The van der Waals surface area contributed by atoms with E-state index >= 15 is 0 Å². The van der Waals surface area contributed by atoms with Crippen LogP contribution in [0, 0.1) is 12.8 Å². The van der Waals surface area contributed by atoms with Gasteiger partial charge in [0.05, 0.1) is 11.7 Å². The van der Waals surface area contributed by atoms with E-state index in [9.17, 15) is 0 Å². The molecule has 0 N–H and O–H groups in total. The number of nitrogens with zero attached hydrogens (tertiary/aromatic N) is 2. The average Bonchev–Trinajstić information content (AvgIpc) is 2.61. The zero-order valence-corrected chi connectivity index (χ0v) is 11.1. The Hall–Kier alpha value is -0.310. The van der Waals surface area contributed by atoms with Gasteiger partial charge in [-0.25, -0.2) is 0 Å². The quantitative estimate of drug-likeness (QED) is 0.747. The third kappa shape index (κ3) is 2.44. The van der Waals surface area contributed by atoms with E-state index in [4.69, 9.17) is 0 Å². The predicted octanol–water partition coefficient (Wildman–Crippen LogP) is 3.84. The third-order valence-corrected chi connectivity index (χ3v) is 4.13. The van der Waals surface area contributed by atoms with Gasteiger partial charge in [-0.2, -0.15) is 5.10 Å². The maximum absolute atomic E-state index is 4.62. The van der Waals surface area contributed by atoms with Crippen LogP contribution in [-0.4, -0.2) is 9.78 Å². The Kier molecular flexibility index (Phi) is 3.49. The Bertz CT molecular complexity index is 324. The van der Waals surface area contributed by atoms with Crippen molar-refractivity contribution in [1.82, 2.24) is 9.78 Å². The highest BCUT2D eigenvalue weighted by Gasteiger charge is 2.20. The van der Waals surface area contributed by atoms with Gasteiger partial charge in [0.2, 0.25) is 0 Å². The molecule has 1 aliphatic carbocycles. The SMILES string of the molecule is Cc1nn(C2CCC(C)CC2)cc1CBr. The molecular weight excluding hydrogens is 252 g/mol. The first-order valence-electron chi connectivity index (χ1n) is 5.81. The van der Waals surface area contributed by atoms with Gasteiger partial charge < -0.3 is 0 Å². The highest BCUT2D eigenvalue weighted by molar-refractivity contribution is 9.08. The van der Waals surface area contributed by atoms with Crippen molar-refractivity contribution in [3.8, 4) is 0 Å². The topological polar surface area (TPSA) is 17.8 Å². The number of hydrogen-bond donors (Lipinski definition) is 0. The van der Waals surface area contributed by atoms with Gasteiger partial charge in [-0.15, -0.1) is 0 Å². The van der Waals surface area contributed by atoms with E-state index in [0.29, 0.717) is 6.04 Å². The van der Waals surface area contributed by atoms with E-state index in [2.05, 4.69) is 45.8 Å². The summed E-state index contributed by atoms with van der Waals surface area (Å²) in [5, 5.41) is 5.54. The number of rotatable bonds is 2. The summed E-state index contributed by atoms with van der Waals surface area (Å²) in [7, 11) is 0. The van der Waals surface area contributed by atoms with E-state index in [0.717, 1.165) is 11.2 Å². The molecule has 1 fully saturated rings. The van der Waals surface area contributed by atoms with Gasteiger partial charge in [-0.05, 0) is 38.5 Å². The van der Waals surface area contributed by atoms with Gasteiger partial charge in [0, 0.05) is 17.1 Å². The summed E-state index contributed by atoms with van der Waals surface area (Å²) < 4.78 is 2.19. The van der Waals surface area contributed by atoms with Crippen molar-refractivity contribution in [2.45, 2.75) is 50.9 Å². The van der Waals surface area contributed by atoms with E-state index in [1.54, 1.807) is 0 Å². The van der Waals surface area contributed by atoms with Gasteiger partial charge in [0.15, 0.2) is 0 Å². The minimum absolute atomic E-state index is 0.646. The molecule has 3 heteroatoms. The van der Waals surface area contributed by atoms with Crippen LogP contribution in [0.15, 0.2) is 6.20 Å². The van der Waals surface area contributed by atoms with Gasteiger partial charge >= 0.3 is 0 Å². The molecule has 0 saturated heterocycles. The molecule has 0 atom stereocenters. The molecule has 0 aliphatic heterocycles. The van der Waals surface area contributed by atoms with Crippen LogP contribution in [0.4, 0.5) is 0 Å². The maximum Gasteiger partial charge on any atom is 0.0634 e. The zero-order valence-electron chi connectivity index (χ0n) is 9.54. The van der Waals surface area contributed by atoms with Crippen LogP contribution >= 0.6 is 15.9 Å². The molecule has 2 nitrogen and oxygen atoms in total. The number of hydrogen-bond acceptors (Lipinski definition) is 1. The molecule has 84 valence electrons. The Balaban J connectivity index is 2.09. The van der Waals surface area contributed by atoms with Crippen LogP contribution in [0.3, 0.4) is 0 Å². The van der Waals surface area contributed by atoms with Crippen molar-refractivity contribution >= 4 is 15.9 Å². The monoisotopic (exact) mass is 270 g/mol. The zero-order chi connectivity index (χ0) is 10.8. The van der Waals surface area contributed by atoms with E-state index in [-0.39, 0.29) is 0 Å². The number of aryl methyl sites for hydroxylation is 1. The van der Waals surface area contributed by atoms with Crippen LogP contribution in [0.5, 0.6) is 0 Å². The fourth-order valence-corrected chi connectivity index (χ4v) is 2.90. The molecule has 1 aromatic heterocycles. The highest BCUT2D eigenvalue weighted by Crippen LogP contribution is 2.31. The first-order chi connectivity index (χ1) is 7.20. The smallest absolute Gasteiger partial charge is 0.0634 e. The molecule has 0 unspecified atom stereocenters. The lowest BCUT2D eigenvalue weighted by molar-refractivity contribution is 0.273. The summed E-state index contributed by atoms with van der Waals surface area (Å²) >= 11 is 3.50. The normalized spacial score (nSPS) is 26.9. The van der Waals surface area contributed by atoms with Gasteiger partial charge in [-0.3, -0.25) is 4.68 Å². The van der Waals surface area contributed by atoms with Gasteiger partial charge in [0.1, 0.15) is 0 Å². The molecule has 1 aliphatic rings. The van der Waals surface area contributed by atoms with Crippen molar-refractivity contribution in [3.63, 3.8) is 0 Å². The second kappa shape index (κ2) is 4.69. The number of alkyl halides is 1. The molecule has 0 bridgehead atoms. The van der Waals surface area contributed by atoms with Crippen molar-refractivity contribution < 1.29 is 0 Å². The standard InChI is InChI=1S/C12H19BrN2/c1-9-3-5-12(6-4-9)15-8-11(7-13)10(2)14-15/h8-9,12H,3-7H2,1-2H3. The van der Waals surface area contributed by atoms with Crippen molar-refractivity contribution in [2.24, 2.45) is 5.92 Å². The summed E-state index contributed by atoms with van der Waals surface area (Å²) in [6, 6.07) is 0.646. The molecule has 0 amide bonds. The van der Waals surface area contributed by atoms with E-state index in [1.807, 2.05) is 0 Å². The first-order valence-corrected chi connectivity index (χ1v) is 6.93. The molecule has 2 rings (SSSR count). The van der Waals surface area contributed by atoms with Crippen LogP contribution < -0.4 is 0 Å². The average molecular weight is 271 g/mol. The predicted molar refractivity (Wildman–Crippen MR) is 66.3 cm³/mol. The summed E-state index contributed by atoms with van der Waals surface area (Å²) in [6.45, 7) is 4.45. The van der Waals surface area contributed by atoms with Crippen molar-refractivity contribution in [1.29, 1.82) is 0 Å². The summed E-state index contributed by atoms with van der Waals surface area (Å²) in [4.78, 5) is 0. The van der Waals surface area contributed by atoms with Gasteiger partial charge in [-0.1, -0.05) is 22.9 Å². The Labute approximate surface area is 100 Å². The summed E-state index contributed by atoms with van der Waals surface area (Å²) in [5.41, 5.74) is 2.50. The Morgan fingerprint density at radius 3 is 2.60 bits per heavy atom. The lowest BCUT2D eigenvalue weighted by atomic mass is 9.87. The maximum atomic E-state index is 4.62. The molecule has 0 radical (unpaired) electrons. The van der Waals surface area contributed by atoms with Crippen LogP contribution in [0.1, 0.15) is 49.9 Å². The highest BCUT2D eigenvalue weighted by atomic mass is 79.9. The Morgan fingerprint density at radius 2 is 2.07 bits per heavy atom. The first kappa shape index (κ1) is 11.2. The van der Waals surface area contributed by atoms with Crippen LogP contribution in [0.25, 0.3) is 0 Å². The molecule has 15 heavy (non-hydrogen) atoms. The molecule has 0 spiro atoms. The minimum Gasteiger partial charge on any atom is -0.269 e. The lowest BCUT2D eigenvalue weighted by Gasteiger charge is -2.26. The molecule has 1 aromatic rings. The van der Waals surface area contributed by atoms with Gasteiger partial charge in [0.25, 0.3) is 0 Å². The number of aromatic nitrogens is 2. The lowest BCUT2D eigenvalue weighted by Crippen LogP contribution is -2.17. The van der Waals surface area contributed by atoms with Crippen molar-refractivity contribution in [3.05, 3.63) is 17.5 Å². The molecule has 1 heterocycles. The van der Waals surface area contributed by atoms with E-state index < -0.39 is 0 Å². The second-order valence-corrected chi connectivity index (χ2v) is 5.33. The second-order valence-electron chi connectivity index (χ2n) is 4.77. The number of halogens is 1. The van der Waals surface area contributed by atoms with Crippen LogP contribution in [0.2, 0.25) is 0 Å².